The summed E-state index contributed by atoms with van der Waals surface area (Å²) in [7, 11) is 0. The lowest BCUT2D eigenvalue weighted by atomic mass is 10.2. The Morgan fingerprint density at radius 3 is 2.43 bits per heavy atom. The number of thioether (sulfide) groups is 1. The minimum atomic E-state index is 0.439. The lowest BCUT2D eigenvalue weighted by Crippen LogP contribution is -2.06. The van der Waals surface area contributed by atoms with Gasteiger partial charge in [0.05, 0.1) is 23.2 Å². The standard InChI is InChI=1S/C22H18Cl2N4OS/c23-18-9-4-10-19(24)20(18)29-12-13-30-22-27-26-21(17-8-5-11-25-14-17)28(22)15-16-6-2-1-3-7-16/h1-11,14H,12-13,15H2. The highest BCUT2D eigenvalue weighted by atomic mass is 35.5. The van der Waals surface area contributed by atoms with Crippen LogP contribution in [0.5, 0.6) is 5.75 Å². The molecule has 0 saturated carbocycles. The molecule has 0 radical (unpaired) electrons. The fraction of sp³-hybridized carbons (Fsp3) is 0.136. The predicted octanol–water partition coefficient (Wildman–Crippen LogP) is 5.87. The second-order valence-electron chi connectivity index (χ2n) is 6.37. The Morgan fingerprint density at radius 1 is 0.900 bits per heavy atom. The van der Waals surface area contributed by atoms with Crippen molar-refractivity contribution >= 4 is 35.0 Å². The number of pyridine rings is 1. The Balaban J connectivity index is 1.50. The van der Waals surface area contributed by atoms with Crippen LogP contribution in [0.15, 0.2) is 78.2 Å². The molecule has 0 spiro atoms. The highest BCUT2D eigenvalue weighted by Gasteiger charge is 2.15. The number of nitrogens with zero attached hydrogens (tertiary/aromatic N) is 4. The Hall–Kier alpha value is -2.54. The summed E-state index contributed by atoms with van der Waals surface area (Å²) in [5, 5.41) is 10.6. The van der Waals surface area contributed by atoms with Crippen LogP contribution >= 0.6 is 35.0 Å². The zero-order valence-corrected chi connectivity index (χ0v) is 18.2. The van der Waals surface area contributed by atoms with Gasteiger partial charge in [0.25, 0.3) is 0 Å². The van der Waals surface area contributed by atoms with E-state index in [-0.39, 0.29) is 0 Å². The Bertz CT molecular complexity index is 1090. The summed E-state index contributed by atoms with van der Waals surface area (Å²) in [4.78, 5) is 4.21. The van der Waals surface area contributed by atoms with Gasteiger partial charge >= 0.3 is 0 Å². The fourth-order valence-corrected chi connectivity index (χ4v) is 4.17. The van der Waals surface area contributed by atoms with Crippen LogP contribution in [0.1, 0.15) is 5.56 Å². The molecule has 0 unspecified atom stereocenters. The molecule has 2 aromatic carbocycles. The van der Waals surface area contributed by atoms with Gasteiger partial charge < -0.3 is 4.74 Å². The number of rotatable bonds is 8. The summed E-state index contributed by atoms with van der Waals surface area (Å²) in [6.07, 6.45) is 3.54. The third kappa shape index (κ3) is 4.95. The van der Waals surface area contributed by atoms with Crippen molar-refractivity contribution in [1.29, 1.82) is 0 Å². The second kappa shape index (κ2) is 9.98. The molecule has 0 saturated heterocycles. The van der Waals surface area contributed by atoms with Crippen LogP contribution in [0.25, 0.3) is 11.4 Å². The number of hydrogen-bond acceptors (Lipinski definition) is 5. The van der Waals surface area contributed by atoms with Gasteiger partial charge in [0, 0.05) is 23.7 Å². The first kappa shape index (κ1) is 20.7. The molecular weight excluding hydrogens is 439 g/mol. The molecule has 0 fully saturated rings. The predicted molar refractivity (Wildman–Crippen MR) is 121 cm³/mol. The molecule has 5 nitrogen and oxygen atoms in total. The van der Waals surface area contributed by atoms with Crippen molar-refractivity contribution in [1.82, 2.24) is 19.7 Å². The minimum absolute atomic E-state index is 0.439. The number of ether oxygens (including phenoxy) is 1. The molecule has 4 aromatic rings. The molecule has 4 rings (SSSR count). The highest BCUT2D eigenvalue weighted by molar-refractivity contribution is 7.99. The molecule has 30 heavy (non-hydrogen) atoms. The Kier molecular flexibility index (Phi) is 6.89. The average molecular weight is 457 g/mol. The first-order valence-electron chi connectivity index (χ1n) is 9.29. The van der Waals surface area contributed by atoms with Crippen molar-refractivity contribution in [2.24, 2.45) is 0 Å². The topological polar surface area (TPSA) is 52.8 Å². The molecule has 8 heteroatoms. The molecule has 2 aromatic heterocycles. The van der Waals surface area contributed by atoms with Crippen LogP contribution in [-0.2, 0) is 6.54 Å². The van der Waals surface area contributed by atoms with Crippen molar-refractivity contribution in [3.8, 4) is 17.1 Å². The van der Waals surface area contributed by atoms with Crippen LogP contribution in [-0.4, -0.2) is 32.1 Å². The van der Waals surface area contributed by atoms with Gasteiger partial charge in [-0.2, -0.15) is 0 Å². The van der Waals surface area contributed by atoms with Crippen molar-refractivity contribution in [3.05, 3.63) is 88.7 Å². The van der Waals surface area contributed by atoms with E-state index in [4.69, 9.17) is 27.9 Å². The summed E-state index contributed by atoms with van der Waals surface area (Å²) < 4.78 is 7.88. The molecule has 152 valence electrons. The van der Waals surface area contributed by atoms with Gasteiger partial charge in [0.15, 0.2) is 16.7 Å². The number of aromatic nitrogens is 4. The van der Waals surface area contributed by atoms with E-state index >= 15 is 0 Å². The van der Waals surface area contributed by atoms with E-state index in [1.807, 2.05) is 30.3 Å². The lowest BCUT2D eigenvalue weighted by molar-refractivity contribution is 0.344. The molecule has 0 N–H and O–H groups in total. The van der Waals surface area contributed by atoms with E-state index in [0.717, 1.165) is 16.5 Å². The lowest BCUT2D eigenvalue weighted by Gasteiger charge is -2.11. The summed E-state index contributed by atoms with van der Waals surface area (Å²) in [6.45, 7) is 1.10. The molecular formula is C22H18Cl2N4OS. The van der Waals surface area contributed by atoms with Gasteiger partial charge in [0.2, 0.25) is 0 Å². The van der Waals surface area contributed by atoms with Crippen molar-refractivity contribution in [3.63, 3.8) is 0 Å². The van der Waals surface area contributed by atoms with Crippen LogP contribution in [0.4, 0.5) is 0 Å². The Morgan fingerprint density at radius 2 is 1.70 bits per heavy atom. The van der Waals surface area contributed by atoms with Crippen LogP contribution in [0, 0.1) is 0 Å². The van der Waals surface area contributed by atoms with Crippen LogP contribution in [0.3, 0.4) is 0 Å². The van der Waals surface area contributed by atoms with E-state index in [2.05, 4.69) is 31.9 Å². The van der Waals surface area contributed by atoms with Crippen molar-refractivity contribution < 1.29 is 4.74 Å². The molecule has 0 bridgehead atoms. The maximum atomic E-state index is 6.16. The van der Waals surface area contributed by atoms with E-state index in [1.165, 1.54) is 5.56 Å². The van der Waals surface area contributed by atoms with E-state index in [1.54, 1.807) is 42.4 Å². The van der Waals surface area contributed by atoms with Crippen molar-refractivity contribution in [2.75, 3.05) is 12.4 Å². The van der Waals surface area contributed by atoms with E-state index < -0.39 is 0 Å². The third-order valence-electron chi connectivity index (χ3n) is 4.30. The second-order valence-corrected chi connectivity index (χ2v) is 8.24. The van der Waals surface area contributed by atoms with Crippen LogP contribution in [0.2, 0.25) is 10.0 Å². The molecule has 0 aliphatic rings. The normalized spacial score (nSPS) is 10.9. The van der Waals surface area contributed by atoms with Gasteiger partial charge in [-0.15, -0.1) is 10.2 Å². The first-order valence-corrected chi connectivity index (χ1v) is 11.0. The number of para-hydroxylation sites is 1. The van der Waals surface area contributed by atoms with Gasteiger partial charge in [-0.05, 0) is 29.8 Å². The average Bonchev–Trinajstić information content (AvgIpc) is 3.16. The number of halogens is 2. The summed E-state index contributed by atoms with van der Waals surface area (Å²) in [5.74, 6) is 1.95. The first-order chi connectivity index (χ1) is 14.7. The molecule has 0 amide bonds. The maximum Gasteiger partial charge on any atom is 0.191 e. The number of hydrogen-bond donors (Lipinski definition) is 0. The zero-order chi connectivity index (χ0) is 20.8. The zero-order valence-electron chi connectivity index (χ0n) is 15.9. The van der Waals surface area contributed by atoms with Gasteiger partial charge in [0.1, 0.15) is 0 Å². The largest absolute Gasteiger partial charge is 0.490 e. The van der Waals surface area contributed by atoms with Gasteiger partial charge in [-0.3, -0.25) is 9.55 Å². The van der Waals surface area contributed by atoms with E-state index in [9.17, 15) is 0 Å². The third-order valence-corrected chi connectivity index (χ3v) is 5.83. The molecule has 0 aliphatic carbocycles. The monoisotopic (exact) mass is 456 g/mol. The van der Waals surface area contributed by atoms with Crippen molar-refractivity contribution in [2.45, 2.75) is 11.7 Å². The Labute approximate surface area is 189 Å². The highest BCUT2D eigenvalue weighted by Crippen LogP contribution is 2.32. The summed E-state index contributed by atoms with van der Waals surface area (Å²) in [5.41, 5.74) is 2.09. The smallest absolute Gasteiger partial charge is 0.191 e. The fourth-order valence-electron chi connectivity index (χ4n) is 2.91. The molecule has 2 heterocycles. The SMILES string of the molecule is Clc1cccc(Cl)c1OCCSc1nnc(-c2cccnc2)n1Cc1ccccc1. The van der Waals surface area contributed by atoms with E-state index in [0.29, 0.717) is 34.7 Å². The van der Waals surface area contributed by atoms with Gasteiger partial charge in [-0.1, -0.05) is 71.4 Å². The molecule has 0 aliphatic heterocycles. The maximum absolute atomic E-state index is 6.16. The van der Waals surface area contributed by atoms with Crippen LogP contribution < -0.4 is 4.74 Å². The molecule has 0 atom stereocenters. The minimum Gasteiger partial charge on any atom is -0.490 e. The summed E-state index contributed by atoms with van der Waals surface area (Å²) in [6, 6.07) is 19.4. The quantitative estimate of drug-likeness (QED) is 0.245. The number of benzene rings is 2. The summed E-state index contributed by atoms with van der Waals surface area (Å²) >= 11 is 13.9. The van der Waals surface area contributed by atoms with Gasteiger partial charge in [-0.25, -0.2) is 0 Å².